The van der Waals surface area contributed by atoms with E-state index in [1.54, 1.807) is 0 Å². The zero-order valence-corrected chi connectivity index (χ0v) is 13.0. The van der Waals surface area contributed by atoms with E-state index in [1.807, 2.05) is 23.5 Å². The molecule has 1 heterocycles. The molecular weight excluding hydrogens is 242 g/mol. The lowest BCUT2D eigenvalue weighted by Gasteiger charge is -2.18. The number of rotatable bonds is 5. The van der Waals surface area contributed by atoms with Crippen LogP contribution in [0.25, 0.3) is 0 Å². The average Bonchev–Trinajstić information content (AvgIpc) is 2.95. The minimum atomic E-state index is 0.120. The molecule has 0 spiro atoms. The van der Waals surface area contributed by atoms with Crippen molar-refractivity contribution in [3.05, 3.63) is 17.5 Å². The molecule has 0 saturated heterocycles. The topological polar surface area (TPSA) is 29.9 Å². The molecule has 1 aliphatic rings. The van der Waals surface area contributed by atoms with Crippen molar-refractivity contribution in [2.45, 2.75) is 50.3 Å². The van der Waals surface area contributed by atoms with Crippen molar-refractivity contribution in [3.63, 3.8) is 0 Å². The minimum absolute atomic E-state index is 0.120. The molecule has 1 N–H and O–H groups in total. The summed E-state index contributed by atoms with van der Waals surface area (Å²) < 4.78 is 2.46. The molecule has 18 heavy (non-hydrogen) atoms. The molecule has 4 heteroatoms. The number of nitrogens with one attached hydrogen (secondary N) is 1. The lowest BCUT2D eigenvalue weighted by Crippen LogP contribution is -2.26. The van der Waals surface area contributed by atoms with Crippen molar-refractivity contribution in [2.24, 2.45) is 7.05 Å². The van der Waals surface area contributed by atoms with Gasteiger partial charge in [0.25, 0.3) is 0 Å². The van der Waals surface area contributed by atoms with Crippen LogP contribution in [0.3, 0.4) is 0 Å². The predicted octanol–water partition coefficient (Wildman–Crippen LogP) is 2.70. The highest BCUT2D eigenvalue weighted by Gasteiger charge is 2.41. The first kappa shape index (κ1) is 13.9. The van der Waals surface area contributed by atoms with Crippen LogP contribution in [0.2, 0.25) is 0 Å². The van der Waals surface area contributed by atoms with Crippen LogP contribution in [0.15, 0.2) is 6.20 Å². The van der Waals surface area contributed by atoms with E-state index < -0.39 is 0 Å². The zero-order chi connectivity index (χ0) is 13.4. The molecule has 1 aromatic heterocycles. The standard InChI is InChI=1S/C14H25N3S/c1-13(2,3)12-11(9-17(4)16-12)8-15-10-14(18-5)6-7-14/h9,15H,6-8,10H2,1-5H3. The quantitative estimate of drug-likeness (QED) is 0.889. The molecule has 3 nitrogen and oxygen atoms in total. The van der Waals surface area contributed by atoms with Crippen LogP contribution in [0.4, 0.5) is 0 Å². The van der Waals surface area contributed by atoms with Gasteiger partial charge in [-0.25, -0.2) is 0 Å². The number of aromatic nitrogens is 2. The maximum Gasteiger partial charge on any atom is 0.0722 e. The second-order valence-corrected chi connectivity index (χ2v) is 7.69. The number of nitrogens with zero attached hydrogens (tertiary/aromatic N) is 2. The number of thioether (sulfide) groups is 1. The molecule has 0 aliphatic heterocycles. The Balaban J connectivity index is 1.97. The molecule has 0 amide bonds. The second-order valence-electron chi connectivity index (χ2n) is 6.42. The van der Waals surface area contributed by atoms with Crippen LogP contribution in [0.5, 0.6) is 0 Å². The Hall–Kier alpha value is -0.480. The lowest BCUT2D eigenvalue weighted by molar-refractivity contribution is 0.543. The van der Waals surface area contributed by atoms with Gasteiger partial charge in [0.2, 0.25) is 0 Å². The summed E-state index contributed by atoms with van der Waals surface area (Å²) in [5.74, 6) is 0. The zero-order valence-electron chi connectivity index (χ0n) is 12.2. The summed E-state index contributed by atoms with van der Waals surface area (Å²) in [4.78, 5) is 0. The largest absolute Gasteiger partial charge is 0.311 e. The Bertz CT molecular complexity index is 413. The molecule has 0 radical (unpaired) electrons. The maximum absolute atomic E-state index is 4.60. The summed E-state index contributed by atoms with van der Waals surface area (Å²) in [6, 6.07) is 0. The van der Waals surface area contributed by atoms with E-state index in [2.05, 4.69) is 43.6 Å². The van der Waals surface area contributed by atoms with Crippen molar-refractivity contribution in [1.82, 2.24) is 15.1 Å². The fourth-order valence-corrected chi connectivity index (χ4v) is 3.07. The predicted molar refractivity (Wildman–Crippen MR) is 79.1 cm³/mol. The molecule has 1 aromatic rings. The third-order valence-corrected chi connectivity index (χ3v) is 5.04. The summed E-state index contributed by atoms with van der Waals surface area (Å²) in [6.45, 7) is 8.73. The fraction of sp³-hybridized carbons (Fsp3) is 0.786. The Kier molecular flexibility index (Phi) is 3.79. The van der Waals surface area contributed by atoms with Gasteiger partial charge in [0.05, 0.1) is 5.69 Å². The Morgan fingerprint density at radius 1 is 1.44 bits per heavy atom. The van der Waals surface area contributed by atoms with Gasteiger partial charge in [-0.15, -0.1) is 0 Å². The molecule has 1 fully saturated rings. The van der Waals surface area contributed by atoms with Gasteiger partial charge in [-0.2, -0.15) is 16.9 Å². The normalized spacial score (nSPS) is 18.1. The SMILES string of the molecule is CSC1(CNCc2cn(C)nc2C(C)(C)C)CC1. The highest BCUT2D eigenvalue weighted by Crippen LogP contribution is 2.46. The van der Waals surface area contributed by atoms with Gasteiger partial charge in [0.15, 0.2) is 0 Å². The van der Waals surface area contributed by atoms with Crippen LogP contribution >= 0.6 is 11.8 Å². The highest BCUT2D eigenvalue weighted by molar-refractivity contribution is 8.00. The summed E-state index contributed by atoms with van der Waals surface area (Å²) in [5.41, 5.74) is 2.67. The van der Waals surface area contributed by atoms with Crippen LogP contribution < -0.4 is 5.32 Å². The Morgan fingerprint density at radius 3 is 2.61 bits per heavy atom. The van der Waals surface area contributed by atoms with E-state index in [-0.39, 0.29) is 5.41 Å². The molecular formula is C14H25N3S. The first-order valence-corrected chi connectivity index (χ1v) is 7.88. The summed E-state index contributed by atoms with van der Waals surface area (Å²) >= 11 is 2.00. The minimum Gasteiger partial charge on any atom is -0.311 e. The lowest BCUT2D eigenvalue weighted by atomic mass is 9.89. The van der Waals surface area contributed by atoms with Crippen LogP contribution in [0.1, 0.15) is 44.9 Å². The molecule has 1 aliphatic carbocycles. The third kappa shape index (κ3) is 3.09. The van der Waals surface area contributed by atoms with E-state index in [9.17, 15) is 0 Å². The molecule has 0 unspecified atom stereocenters. The van der Waals surface area contributed by atoms with Gasteiger partial charge in [-0.1, -0.05) is 20.8 Å². The molecule has 2 rings (SSSR count). The molecule has 0 bridgehead atoms. The number of hydrogen-bond donors (Lipinski definition) is 1. The summed E-state index contributed by atoms with van der Waals surface area (Å²) in [5, 5.41) is 8.21. The number of aryl methyl sites for hydroxylation is 1. The van der Waals surface area contributed by atoms with Crippen LogP contribution in [-0.4, -0.2) is 27.3 Å². The van der Waals surface area contributed by atoms with E-state index in [0.717, 1.165) is 13.1 Å². The van der Waals surface area contributed by atoms with Gasteiger partial charge in [-0.3, -0.25) is 4.68 Å². The van der Waals surface area contributed by atoms with Crippen LogP contribution in [0, 0.1) is 0 Å². The smallest absolute Gasteiger partial charge is 0.0722 e. The molecule has 0 aromatic carbocycles. The fourth-order valence-electron chi connectivity index (χ4n) is 2.32. The van der Waals surface area contributed by atoms with Gasteiger partial charge in [0.1, 0.15) is 0 Å². The second kappa shape index (κ2) is 4.89. The monoisotopic (exact) mass is 267 g/mol. The van der Waals surface area contributed by atoms with Crippen molar-refractivity contribution >= 4 is 11.8 Å². The van der Waals surface area contributed by atoms with Gasteiger partial charge in [0, 0.05) is 42.1 Å². The van der Waals surface area contributed by atoms with E-state index in [1.165, 1.54) is 24.1 Å². The molecule has 102 valence electrons. The third-order valence-electron chi connectivity index (χ3n) is 3.62. The van der Waals surface area contributed by atoms with Gasteiger partial charge >= 0.3 is 0 Å². The number of hydrogen-bond acceptors (Lipinski definition) is 3. The summed E-state index contributed by atoms with van der Waals surface area (Å²) in [7, 11) is 2.00. The maximum atomic E-state index is 4.60. The Morgan fingerprint density at radius 2 is 2.11 bits per heavy atom. The highest BCUT2D eigenvalue weighted by atomic mass is 32.2. The first-order valence-electron chi connectivity index (χ1n) is 6.65. The van der Waals surface area contributed by atoms with Crippen molar-refractivity contribution in [3.8, 4) is 0 Å². The van der Waals surface area contributed by atoms with Crippen LogP contribution in [-0.2, 0) is 19.0 Å². The van der Waals surface area contributed by atoms with Crippen molar-refractivity contribution in [2.75, 3.05) is 12.8 Å². The van der Waals surface area contributed by atoms with E-state index >= 15 is 0 Å². The summed E-state index contributed by atoms with van der Waals surface area (Å²) in [6.07, 6.45) is 7.09. The van der Waals surface area contributed by atoms with Crippen molar-refractivity contribution < 1.29 is 0 Å². The van der Waals surface area contributed by atoms with Gasteiger partial charge in [-0.05, 0) is 19.1 Å². The molecule has 0 atom stereocenters. The van der Waals surface area contributed by atoms with E-state index in [4.69, 9.17) is 0 Å². The van der Waals surface area contributed by atoms with E-state index in [0.29, 0.717) is 4.75 Å². The molecule has 1 saturated carbocycles. The Labute approximate surface area is 115 Å². The van der Waals surface area contributed by atoms with Crippen molar-refractivity contribution in [1.29, 1.82) is 0 Å². The van der Waals surface area contributed by atoms with Gasteiger partial charge < -0.3 is 5.32 Å². The first-order chi connectivity index (χ1) is 8.36. The average molecular weight is 267 g/mol.